The fraction of sp³-hybridized carbons (Fsp3) is 0.316. The smallest absolute Gasteiger partial charge is 0.244 e. The van der Waals surface area contributed by atoms with Gasteiger partial charge in [0.1, 0.15) is 5.76 Å². The van der Waals surface area contributed by atoms with Gasteiger partial charge in [0.05, 0.1) is 6.26 Å². The topological polar surface area (TPSA) is 45.5 Å². The summed E-state index contributed by atoms with van der Waals surface area (Å²) in [4.78, 5) is 14.3. The Kier molecular flexibility index (Phi) is 4.93. The van der Waals surface area contributed by atoms with Crippen molar-refractivity contribution in [3.63, 3.8) is 0 Å². The van der Waals surface area contributed by atoms with Crippen LogP contribution in [0.3, 0.4) is 0 Å². The zero-order valence-electron chi connectivity index (χ0n) is 13.4. The van der Waals surface area contributed by atoms with Crippen LogP contribution >= 0.6 is 0 Å². The molecule has 23 heavy (non-hydrogen) atoms. The van der Waals surface area contributed by atoms with Crippen LogP contribution in [-0.2, 0) is 17.8 Å². The minimum absolute atomic E-state index is 0.0920. The van der Waals surface area contributed by atoms with Gasteiger partial charge in [-0.05, 0) is 42.7 Å². The summed E-state index contributed by atoms with van der Waals surface area (Å²) in [5.74, 6) is 0.589. The van der Waals surface area contributed by atoms with Crippen molar-refractivity contribution in [2.45, 2.75) is 25.9 Å². The zero-order chi connectivity index (χ0) is 16.1. The Balaban J connectivity index is 1.48. The minimum atomic E-state index is -0.0920. The van der Waals surface area contributed by atoms with Crippen molar-refractivity contribution < 1.29 is 9.21 Å². The molecule has 3 rings (SSSR count). The summed E-state index contributed by atoms with van der Waals surface area (Å²) in [5.41, 5.74) is 2.84. The normalized spacial score (nSPS) is 16.2. The molecule has 2 aromatic rings. The van der Waals surface area contributed by atoms with E-state index in [1.807, 2.05) is 6.07 Å². The van der Waals surface area contributed by atoms with Gasteiger partial charge in [0.15, 0.2) is 0 Å². The lowest BCUT2D eigenvalue weighted by Gasteiger charge is -2.33. The van der Waals surface area contributed by atoms with Crippen molar-refractivity contribution in [3.8, 4) is 0 Å². The number of benzene rings is 1. The van der Waals surface area contributed by atoms with Crippen LogP contribution < -0.4 is 5.32 Å². The first kappa shape index (κ1) is 15.6. The lowest BCUT2D eigenvalue weighted by atomic mass is 9.99. The van der Waals surface area contributed by atoms with Crippen LogP contribution in [-0.4, -0.2) is 29.9 Å². The molecule has 0 bridgehead atoms. The summed E-state index contributed by atoms with van der Waals surface area (Å²) in [6, 6.07) is 12.5. The maximum absolute atomic E-state index is 11.9. The van der Waals surface area contributed by atoms with Crippen LogP contribution in [0.5, 0.6) is 0 Å². The molecular weight excluding hydrogens is 288 g/mol. The summed E-state index contributed by atoms with van der Waals surface area (Å²) in [5, 5.41) is 2.96. The van der Waals surface area contributed by atoms with Gasteiger partial charge in [-0.15, -0.1) is 0 Å². The molecule has 1 N–H and O–H groups in total. The fourth-order valence-corrected chi connectivity index (χ4v) is 2.87. The first-order valence-electron chi connectivity index (χ1n) is 8.02. The van der Waals surface area contributed by atoms with Crippen molar-refractivity contribution in [2.75, 3.05) is 13.1 Å². The van der Waals surface area contributed by atoms with E-state index in [-0.39, 0.29) is 5.91 Å². The Hall–Kier alpha value is -2.33. The number of amides is 1. The molecule has 2 heterocycles. The SMILES string of the molecule is CC(CNC(=O)/C=C/c1ccco1)N1CCc2ccccc2C1. The monoisotopic (exact) mass is 310 g/mol. The molecule has 1 aromatic heterocycles. The first-order valence-corrected chi connectivity index (χ1v) is 8.02. The average Bonchev–Trinajstić information content (AvgIpc) is 3.11. The molecule has 1 unspecified atom stereocenters. The van der Waals surface area contributed by atoms with Gasteiger partial charge in [-0.3, -0.25) is 9.69 Å². The number of nitrogens with one attached hydrogen (secondary N) is 1. The van der Waals surface area contributed by atoms with Gasteiger partial charge < -0.3 is 9.73 Å². The molecule has 1 atom stereocenters. The first-order chi connectivity index (χ1) is 11.2. The molecule has 1 aliphatic rings. The van der Waals surface area contributed by atoms with E-state index in [1.54, 1.807) is 18.4 Å². The molecule has 0 aliphatic carbocycles. The third-order valence-electron chi connectivity index (χ3n) is 4.30. The fourth-order valence-electron chi connectivity index (χ4n) is 2.87. The minimum Gasteiger partial charge on any atom is -0.465 e. The highest BCUT2D eigenvalue weighted by molar-refractivity contribution is 5.91. The highest BCUT2D eigenvalue weighted by atomic mass is 16.3. The molecule has 1 aromatic carbocycles. The summed E-state index contributed by atoms with van der Waals surface area (Å²) in [6.45, 7) is 4.79. The summed E-state index contributed by atoms with van der Waals surface area (Å²) >= 11 is 0. The van der Waals surface area contributed by atoms with Crippen molar-refractivity contribution in [1.29, 1.82) is 0 Å². The predicted octanol–water partition coefficient (Wildman–Crippen LogP) is 2.86. The molecule has 120 valence electrons. The molecular formula is C19H22N2O2. The van der Waals surface area contributed by atoms with Crippen molar-refractivity contribution in [2.24, 2.45) is 0 Å². The highest BCUT2D eigenvalue weighted by Gasteiger charge is 2.20. The Labute approximate surface area is 136 Å². The largest absolute Gasteiger partial charge is 0.465 e. The van der Waals surface area contributed by atoms with E-state index in [0.29, 0.717) is 18.3 Å². The molecule has 0 radical (unpaired) electrons. The Morgan fingerprint density at radius 2 is 2.13 bits per heavy atom. The van der Waals surface area contributed by atoms with Gasteiger partial charge >= 0.3 is 0 Å². The number of carbonyl (C=O) groups is 1. The number of nitrogens with zero attached hydrogens (tertiary/aromatic N) is 1. The molecule has 4 nitrogen and oxygen atoms in total. The third kappa shape index (κ3) is 4.11. The van der Waals surface area contributed by atoms with Crippen LogP contribution in [0.4, 0.5) is 0 Å². The standard InChI is InChI=1S/C19H22N2O2/c1-15(13-20-19(22)9-8-18-7-4-12-23-18)21-11-10-16-5-2-3-6-17(16)14-21/h2-9,12,15H,10-11,13-14H2,1H3,(H,20,22)/b9-8+. The highest BCUT2D eigenvalue weighted by Crippen LogP contribution is 2.19. The van der Waals surface area contributed by atoms with Crippen LogP contribution in [0.25, 0.3) is 6.08 Å². The molecule has 0 spiro atoms. The lowest BCUT2D eigenvalue weighted by Crippen LogP contribution is -2.44. The number of carbonyl (C=O) groups excluding carboxylic acids is 1. The second kappa shape index (κ2) is 7.29. The number of rotatable bonds is 5. The summed E-state index contributed by atoms with van der Waals surface area (Å²) in [6.07, 6.45) is 5.86. The maximum atomic E-state index is 11.9. The van der Waals surface area contributed by atoms with Gasteiger partial charge in [-0.2, -0.15) is 0 Å². The molecule has 0 saturated heterocycles. The summed E-state index contributed by atoms with van der Waals surface area (Å²) in [7, 11) is 0. The molecule has 4 heteroatoms. The van der Waals surface area contributed by atoms with E-state index in [1.165, 1.54) is 17.2 Å². The second-order valence-electron chi connectivity index (χ2n) is 5.93. The van der Waals surface area contributed by atoms with Crippen molar-refractivity contribution in [1.82, 2.24) is 10.2 Å². The van der Waals surface area contributed by atoms with Gasteiger partial charge in [0, 0.05) is 31.8 Å². The molecule has 0 saturated carbocycles. The van der Waals surface area contributed by atoms with Crippen molar-refractivity contribution >= 4 is 12.0 Å². The summed E-state index contributed by atoms with van der Waals surface area (Å²) < 4.78 is 5.16. The van der Waals surface area contributed by atoms with Crippen LogP contribution in [0.15, 0.2) is 53.2 Å². The van der Waals surface area contributed by atoms with Crippen molar-refractivity contribution in [3.05, 3.63) is 65.6 Å². The van der Waals surface area contributed by atoms with Gasteiger partial charge in [0.2, 0.25) is 5.91 Å². The number of hydrogen-bond donors (Lipinski definition) is 1. The Morgan fingerprint density at radius 1 is 1.30 bits per heavy atom. The van der Waals surface area contributed by atoms with Crippen LogP contribution in [0, 0.1) is 0 Å². The van der Waals surface area contributed by atoms with Crippen LogP contribution in [0.1, 0.15) is 23.8 Å². The molecule has 0 fully saturated rings. The van der Waals surface area contributed by atoms with E-state index < -0.39 is 0 Å². The van der Waals surface area contributed by atoms with Crippen LogP contribution in [0.2, 0.25) is 0 Å². The van der Waals surface area contributed by atoms with E-state index >= 15 is 0 Å². The average molecular weight is 310 g/mol. The van der Waals surface area contributed by atoms with Gasteiger partial charge in [-0.25, -0.2) is 0 Å². The van der Waals surface area contributed by atoms with E-state index in [4.69, 9.17) is 4.42 Å². The van der Waals surface area contributed by atoms with E-state index in [9.17, 15) is 4.79 Å². The molecule has 1 aliphatic heterocycles. The van der Waals surface area contributed by atoms with Gasteiger partial charge in [0.25, 0.3) is 0 Å². The number of hydrogen-bond acceptors (Lipinski definition) is 3. The number of fused-ring (bicyclic) bond motifs is 1. The maximum Gasteiger partial charge on any atom is 0.244 e. The Bertz CT molecular complexity index is 676. The zero-order valence-corrected chi connectivity index (χ0v) is 13.4. The third-order valence-corrected chi connectivity index (χ3v) is 4.30. The lowest BCUT2D eigenvalue weighted by molar-refractivity contribution is -0.116. The Morgan fingerprint density at radius 3 is 2.91 bits per heavy atom. The van der Waals surface area contributed by atoms with E-state index in [0.717, 1.165) is 19.5 Å². The van der Waals surface area contributed by atoms with E-state index in [2.05, 4.69) is 41.4 Å². The second-order valence-corrected chi connectivity index (χ2v) is 5.93. The number of furan rings is 1. The van der Waals surface area contributed by atoms with Gasteiger partial charge in [-0.1, -0.05) is 24.3 Å². The molecule has 1 amide bonds. The predicted molar refractivity (Wildman–Crippen MR) is 90.8 cm³/mol. The quantitative estimate of drug-likeness (QED) is 0.864.